The van der Waals surface area contributed by atoms with Crippen LogP contribution in [0.4, 0.5) is 9.18 Å². The van der Waals surface area contributed by atoms with Gasteiger partial charge < -0.3 is 15.1 Å². The molecule has 1 aliphatic rings. The van der Waals surface area contributed by atoms with Crippen molar-refractivity contribution in [2.24, 2.45) is 0 Å². The summed E-state index contributed by atoms with van der Waals surface area (Å²) >= 11 is 1.91. The molecule has 0 unspecified atom stereocenters. The second-order valence-electron chi connectivity index (χ2n) is 5.82. The fourth-order valence-electron chi connectivity index (χ4n) is 2.55. The van der Waals surface area contributed by atoms with E-state index in [2.05, 4.69) is 10.2 Å². The molecule has 122 valence electrons. The summed E-state index contributed by atoms with van der Waals surface area (Å²) in [4.78, 5) is 16.6. The average molecular weight is 325 g/mol. The van der Waals surface area contributed by atoms with Crippen molar-refractivity contribution in [1.29, 1.82) is 0 Å². The molecule has 0 radical (unpaired) electrons. The van der Waals surface area contributed by atoms with Gasteiger partial charge in [-0.2, -0.15) is 11.8 Å². The van der Waals surface area contributed by atoms with Crippen LogP contribution in [-0.2, 0) is 6.54 Å². The highest BCUT2D eigenvalue weighted by Crippen LogP contribution is 2.17. The standard InChI is InChI=1S/C16H24FN3OS/c1-19(2)11-15-12-22-9-3-8-20(15)16(21)18-10-13-4-6-14(17)7-5-13/h4-7,15H,3,8-12H2,1-2H3,(H,18,21)/t15-/m1/s1. The minimum absolute atomic E-state index is 0.0290. The number of nitrogens with one attached hydrogen (secondary N) is 1. The van der Waals surface area contributed by atoms with Crippen LogP contribution in [0.5, 0.6) is 0 Å². The first-order valence-corrected chi connectivity index (χ1v) is 8.73. The van der Waals surface area contributed by atoms with Crippen LogP contribution in [-0.4, -0.2) is 60.6 Å². The lowest BCUT2D eigenvalue weighted by atomic mass is 10.2. The van der Waals surface area contributed by atoms with E-state index in [1.54, 1.807) is 12.1 Å². The van der Waals surface area contributed by atoms with E-state index in [9.17, 15) is 9.18 Å². The number of benzene rings is 1. The number of thioether (sulfide) groups is 1. The number of nitrogens with zero attached hydrogens (tertiary/aromatic N) is 2. The van der Waals surface area contributed by atoms with Crippen molar-refractivity contribution in [1.82, 2.24) is 15.1 Å². The quantitative estimate of drug-likeness (QED) is 0.923. The molecule has 0 bridgehead atoms. The third-order valence-corrected chi connectivity index (χ3v) is 4.83. The zero-order valence-electron chi connectivity index (χ0n) is 13.2. The van der Waals surface area contributed by atoms with Gasteiger partial charge in [0.25, 0.3) is 0 Å². The Kier molecular flexibility index (Phi) is 6.51. The second-order valence-corrected chi connectivity index (χ2v) is 6.97. The molecule has 2 rings (SSSR count). The summed E-state index contributed by atoms with van der Waals surface area (Å²) in [5.74, 6) is 1.82. The first-order valence-electron chi connectivity index (χ1n) is 7.57. The van der Waals surface area contributed by atoms with Gasteiger partial charge in [-0.25, -0.2) is 9.18 Å². The van der Waals surface area contributed by atoms with E-state index in [0.29, 0.717) is 6.54 Å². The van der Waals surface area contributed by atoms with Crippen LogP contribution in [0.3, 0.4) is 0 Å². The van der Waals surface area contributed by atoms with Gasteiger partial charge in [-0.1, -0.05) is 12.1 Å². The number of carbonyl (C=O) groups excluding carboxylic acids is 1. The number of carbonyl (C=O) groups is 1. The zero-order valence-corrected chi connectivity index (χ0v) is 14.0. The number of amides is 2. The molecule has 1 fully saturated rings. The van der Waals surface area contributed by atoms with Crippen LogP contribution in [0.25, 0.3) is 0 Å². The Balaban J connectivity index is 1.93. The van der Waals surface area contributed by atoms with E-state index in [4.69, 9.17) is 0 Å². The molecule has 6 heteroatoms. The molecule has 22 heavy (non-hydrogen) atoms. The van der Waals surface area contributed by atoms with Crippen molar-refractivity contribution in [2.75, 3.05) is 38.7 Å². The lowest BCUT2D eigenvalue weighted by Crippen LogP contribution is -2.50. The summed E-state index contributed by atoms with van der Waals surface area (Å²) in [6, 6.07) is 6.43. The number of halogens is 1. The predicted octanol–water partition coefficient (Wildman–Crippen LogP) is 2.40. The lowest BCUT2D eigenvalue weighted by Gasteiger charge is -2.31. The summed E-state index contributed by atoms with van der Waals surface area (Å²) in [5, 5.41) is 2.96. The van der Waals surface area contributed by atoms with E-state index in [-0.39, 0.29) is 17.9 Å². The molecule has 0 aliphatic carbocycles. The highest BCUT2D eigenvalue weighted by molar-refractivity contribution is 7.99. The minimum atomic E-state index is -0.259. The second kappa shape index (κ2) is 8.39. The molecule has 2 amide bonds. The fourth-order valence-corrected chi connectivity index (χ4v) is 3.61. The molecule has 0 spiro atoms. The minimum Gasteiger partial charge on any atom is -0.334 e. The number of urea groups is 1. The van der Waals surface area contributed by atoms with Gasteiger partial charge in [-0.3, -0.25) is 0 Å². The van der Waals surface area contributed by atoms with Crippen molar-refractivity contribution < 1.29 is 9.18 Å². The van der Waals surface area contributed by atoms with Crippen LogP contribution >= 0.6 is 11.8 Å². The Bertz CT molecular complexity index is 481. The molecular formula is C16H24FN3OS. The molecular weight excluding hydrogens is 301 g/mol. The van der Waals surface area contributed by atoms with Crippen LogP contribution in [0.15, 0.2) is 24.3 Å². The molecule has 1 heterocycles. The summed E-state index contributed by atoms with van der Waals surface area (Å²) in [5.41, 5.74) is 0.906. The summed E-state index contributed by atoms with van der Waals surface area (Å²) in [6.07, 6.45) is 1.03. The molecule has 1 aromatic rings. The molecule has 1 aromatic carbocycles. The lowest BCUT2D eigenvalue weighted by molar-refractivity contribution is 0.168. The van der Waals surface area contributed by atoms with E-state index in [0.717, 1.165) is 36.6 Å². The van der Waals surface area contributed by atoms with E-state index in [1.807, 2.05) is 30.8 Å². The summed E-state index contributed by atoms with van der Waals surface area (Å²) < 4.78 is 12.9. The van der Waals surface area contributed by atoms with Crippen molar-refractivity contribution in [3.63, 3.8) is 0 Å². The monoisotopic (exact) mass is 325 g/mol. The van der Waals surface area contributed by atoms with Crippen LogP contribution < -0.4 is 5.32 Å². The van der Waals surface area contributed by atoms with Gasteiger partial charge in [0, 0.05) is 25.4 Å². The average Bonchev–Trinajstić information content (AvgIpc) is 2.71. The number of hydrogen-bond donors (Lipinski definition) is 1. The van der Waals surface area contributed by atoms with Gasteiger partial charge >= 0.3 is 6.03 Å². The molecule has 1 atom stereocenters. The molecule has 4 nitrogen and oxygen atoms in total. The molecule has 1 aliphatic heterocycles. The number of rotatable bonds is 4. The third-order valence-electron chi connectivity index (χ3n) is 3.63. The Hall–Kier alpha value is -1.27. The van der Waals surface area contributed by atoms with Gasteiger partial charge in [0.1, 0.15) is 5.82 Å². The summed E-state index contributed by atoms with van der Waals surface area (Å²) in [6.45, 7) is 2.09. The van der Waals surface area contributed by atoms with Crippen molar-refractivity contribution in [3.05, 3.63) is 35.6 Å². The van der Waals surface area contributed by atoms with Gasteiger partial charge in [0.05, 0.1) is 6.04 Å². The molecule has 1 N–H and O–H groups in total. The van der Waals surface area contributed by atoms with Gasteiger partial charge in [0.2, 0.25) is 0 Å². The maximum absolute atomic E-state index is 12.9. The van der Waals surface area contributed by atoms with Crippen LogP contribution in [0.2, 0.25) is 0 Å². The predicted molar refractivity (Wildman–Crippen MR) is 89.6 cm³/mol. The maximum atomic E-state index is 12.9. The largest absolute Gasteiger partial charge is 0.334 e. The van der Waals surface area contributed by atoms with E-state index >= 15 is 0 Å². The Labute approximate surface area is 136 Å². The maximum Gasteiger partial charge on any atom is 0.317 e. The first-order chi connectivity index (χ1) is 10.6. The van der Waals surface area contributed by atoms with E-state index < -0.39 is 0 Å². The molecule has 1 saturated heterocycles. The van der Waals surface area contributed by atoms with Gasteiger partial charge in [0.15, 0.2) is 0 Å². The number of likely N-dealkylation sites (N-methyl/N-ethyl adjacent to an activating group) is 1. The SMILES string of the molecule is CN(C)C[C@@H]1CSCCCN1C(=O)NCc1ccc(F)cc1. The molecule has 0 saturated carbocycles. The van der Waals surface area contributed by atoms with Crippen molar-refractivity contribution >= 4 is 17.8 Å². The van der Waals surface area contributed by atoms with E-state index in [1.165, 1.54) is 12.1 Å². The summed E-state index contributed by atoms with van der Waals surface area (Å²) in [7, 11) is 4.06. The fraction of sp³-hybridized carbons (Fsp3) is 0.562. The first kappa shape index (κ1) is 17.1. The Morgan fingerprint density at radius 2 is 2.14 bits per heavy atom. The Morgan fingerprint density at radius 1 is 1.41 bits per heavy atom. The van der Waals surface area contributed by atoms with Gasteiger partial charge in [-0.15, -0.1) is 0 Å². The van der Waals surface area contributed by atoms with Crippen LogP contribution in [0.1, 0.15) is 12.0 Å². The number of hydrogen-bond acceptors (Lipinski definition) is 3. The van der Waals surface area contributed by atoms with Crippen LogP contribution in [0, 0.1) is 5.82 Å². The third kappa shape index (κ3) is 5.18. The topological polar surface area (TPSA) is 35.6 Å². The van der Waals surface area contributed by atoms with Gasteiger partial charge in [-0.05, 0) is 44.0 Å². The highest BCUT2D eigenvalue weighted by atomic mass is 32.2. The normalized spacial score (nSPS) is 19.1. The highest BCUT2D eigenvalue weighted by Gasteiger charge is 2.25. The zero-order chi connectivity index (χ0) is 15.9. The van der Waals surface area contributed by atoms with Crippen molar-refractivity contribution in [2.45, 2.75) is 19.0 Å². The smallest absolute Gasteiger partial charge is 0.317 e. The molecule has 0 aromatic heterocycles. The Morgan fingerprint density at radius 3 is 2.82 bits per heavy atom. The van der Waals surface area contributed by atoms with Crippen molar-refractivity contribution in [3.8, 4) is 0 Å².